The zero-order valence-electron chi connectivity index (χ0n) is 13.5. The Labute approximate surface area is 145 Å². The molecule has 0 radical (unpaired) electrons. The van der Waals surface area contributed by atoms with Crippen molar-refractivity contribution < 1.29 is 9.47 Å². The number of nitrogens with zero attached hydrogens (tertiary/aromatic N) is 1. The molecule has 0 aliphatic rings. The third-order valence-electron chi connectivity index (χ3n) is 3.50. The van der Waals surface area contributed by atoms with Crippen molar-refractivity contribution in [2.24, 2.45) is 5.84 Å². The predicted octanol–water partition coefficient (Wildman–Crippen LogP) is 2.90. The molecule has 7 heteroatoms. The summed E-state index contributed by atoms with van der Waals surface area (Å²) in [5.41, 5.74) is 15.3. The van der Waals surface area contributed by atoms with Crippen LogP contribution in [0, 0.1) is 0 Å². The Balaban J connectivity index is 1.79. The van der Waals surface area contributed by atoms with E-state index in [1.54, 1.807) is 6.07 Å². The Morgan fingerprint density at radius 3 is 2.40 bits per heavy atom. The molecule has 0 fully saturated rings. The van der Waals surface area contributed by atoms with Gasteiger partial charge in [-0.05, 0) is 18.2 Å². The summed E-state index contributed by atoms with van der Waals surface area (Å²) in [4.78, 5) is 3.99. The molecular formula is C18H19N5O2. The second kappa shape index (κ2) is 7.41. The van der Waals surface area contributed by atoms with Crippen molar-refractivity contribution in [1.82, 2.24) is 4.98 Å². The van der Waals surface area contributed by atoms with Gasteiger partial charge in [0.1, 0.15) is 35.4 Å². The molecule has 25 heavy (non-hydrogen) atoms. The van der Waals surface area contributed by atoms with Crippen molar-refractivity contribution in [3.8, 4) is 17.2 Å². The summed E-state index contributed by atoms with van der Waals surface area (Å²) in [5.74, 6) is 7.75. The minimum absolute atomic E-state index is 0.251. The van der Waals surface area contributed by atoms with Gasteiger partial charge < -0.3 is 26.4 Å². The number of para-hydroxylation sites is 2. The molecule has 0 aliphatic carbocycles. The fraction of sp³-hybridized carbons (Fsp3) is 0.0556. The Bertz CT molecular complexity index is 855. The lowest BCUT2D eigenvalue weighted by Gasteiger charge is -2.14. The fourth-order valence-corrected chi connectivity index (χ4v) is 2.27. The number of aromatic nitrogens is 1. The number of hydrogen-bond donors (Lipinski definition) is 4. The van der Waals surface area contributed by atoms with E-state index in [0.717, 1.165) is 11.3 Å². The third kappa shape index (κ3) is 3.91. The van der Waals surface area contributed by atoms with Crippen LogP contribution in [-0.4, -0.2) is 4.98 Å². The summed E-state index contributed by atoms with van der Waals surface area (Å²) in [6.45, 7) is 0.251. The SMILES string of the molecule is NNc1nc(N)cc(OCc2ccccc2Oc2ccccc2)c1N. The minimum atomic E-state index is 0.251. The molecule has 3 aromatic rings. The molecular weight excluding hydrogens is 318 g/mol. The van der Waals surface area contributed by atoms with Crippen molar-refractivity contribution in [1.29, 1.82) is 0 Å². The quantitative estimate of drug-likeness (QED) is 0.403. The van der Waals surface area contributed by atoms with Crippen molar-refractivity contribution in [3.05, 3.63) is 66.2 Å². The average Bonchev–Trinajstić information content (AvgIpc) is 2.64. The molecule has 0 aliphatic heterocycles. The molecule has 2 aromatic carbocycles. The summed E-state index contributed by atoms with van der Waals surface area (Å²) in [5, 5.41) is 0. The van der Waals surface area contributed by atoms with Crippen molar-refractivity contribution in [2.75, 3.05) is 16.9 Å². The molecule has 7 N–H and O–H groups in total. The zero-order valence-corrected chi connectivity index (χ0v) is 13.5. The van der Waals surface area contributed by atoms with E-state index in [1.165, 1.54) is 0 Å². The smallest absolute Gasteiger partial charge is 0.169 e. The number of rotatable bonds is 6. The molecule has 3 rings (SSSR count). The van der Waals surface area contributed by atoms with Crippen LogP contribution in [0.5, 0.6) is 17.2 Å². The van der Waals surface area contributed by atoms with E-state index < -0.39 is 0 Å². The summed E-state index contributed by atoms with van der Waals surface area (Å²) in [6.07, 6.45) is 0. The van der Waals surface area contributed by atoms with Gasteiger partial charge in [0, 0.05) is 11.6 Å². The number of nitrogens with two attached hydrogens (primary N) is 3. The summed E-state index contributed by atoms with van der Waals surface area (Å²) < 4.78 is 11.7. The van der Waals surface area contributed by atoms with Crippen LogP contribution < -0.4 is 32.2 Å². The first-order valence-electron chi connectivity index (χ1n) is 7.63. The van der Waals surface area contributed by atoms with Gasteiger partial charge in [0.25, 0.3) is 0 Å². The number of nitrogen functional groups attached to an aromatic ring is 3. The van der Waals surface area contributed by atoms with E-state index in [-0.39, 0.29) is 23.9 Å². The highest BCUT2D eigenvalue weighted by molar-refractivity contribution is 5.71. The number of nitrogens with one attached hydrogen (secondary N) is 1. The predicted molar refractivity (Wildman–Crippen MR) is 98.2 cm³/mol. The van der Waals surface area contributed by atoms with Gasteiger partial charge in [-0.15, -0.1) is 0 Å². The third-order valence-corrected chi connectivity index (χ3v) is 3.50. The normalized spacial score (nSPS) is 10.3. The number of pyridine rings is 1. The van der Waals surface area contributed by atoms with Gasteiger partial charge in [-0.2, -0.15) is 0 Å². The van der Waals surface area contributed by atoms with E-state index in [0.29, 0.717) is 11.5 Å². The monoisotopic (exact) mass is 337 g/mol. The maximum absolute atomic E-state index is 5.97. The Morgan fingerprint density at radius 2 is 1.64 bits per heavy atom. The number of hydrazine groups is 1. The second-order valence-electron chi connectivity index (χ2n) is 5.26. The highest BCUT2D eigenvalue weighted by atomic mass is 16.5. The van der Waals surface area contributed by atoms with E-state index in [2.05, 4.69) is 10.4 Å². The molecule has 0 saturated heterocycles. The van der Waals surface area contributed by atoms with E-state index in [1.807, 2.05) is 54.6 Å². The molecule has 0 amide bonds. The van der Waals surface area contributed by atoms with Crippen LogP contribution in [-0.2, 0) is 6.61 Å². The summed E-state index contributed by atoms with van der Waals surface area (Å²) in [6, 6.07) is 18.7. The number of ether oxygens (including phenoxy) is 2. The van der Waals surface area contributed by atoms with Crippen molar-refractivity contribution >= 4 is 17.3 Å². The van der Waals surface area contributed by atoms with E-state index >= 15 is 0 Å². The highest BCUT2D eigenvalue weighted by Crippen LogP contribution is 2.31. The minimum Gasteiger partial charge on any atom is -0.486 e. The molecule has 1 aromatic heterocycles. The molecule has 0 atom stereocenters. The number of benzene rings is 2. The number of hydrogen-bond acceptors (Lipinski definition) is 7. The first-order chi connectivity index (χ1) is 12.2. The van der Waals surface area contributed by atoms with Crippen LogP contribution in [0.4, 0.5) is 17.3 Å². The molecule has 128 valence electrons. The van der Waals surface area contributed by atoms with Gasteiger partial charge >= 0.3 is 0 Å². The average molecular weight is 337 g/mol. The summed E-state index contributed by atoms with van der Waals surface area (Å²) >= 11 is 0. The van der Waals surface area contributed by atoms with Crippen molar-refractivity contribution in [3.63, 3.8) is 0 Å². The van der Waals surface area contributed by atoms with Gasteiger partial charge in [-0.25, -0.2) is 10.8 Å². The molecule has 0 unspecified atom stereocenters. The van der Waals surface area contributed by atoms with Crippen LogP contribution >= 0.6 is 0 Å². The largest absolute Gasteiger partial charge is 0.486 e. The topological polar surface area (TPSA) is 121 Å². The maximum Gasteiger partial charge on any atom is 0.169 e. The highest BCUT2D eigenvalue weighted by Gasteiger charge is 2.11. The van der Waals surface area contributed by atoms with E-state index in [4.69, 9.17) is 26.8 Å². The van der Waals surface area contributed by atoms with Gasteiger partial charge in [0.15, 0.2) is 5.82 Å². The van der Waals surface area contributed by atoms with Crippen LogP contribution in [0.1, 0.15) is 5.56 Å². The summed E-state index contributed by atoms with van der Waals surface area (Å²) in [7, 11) is 0. The Kier molecular flexibility index (Phi) is 4.87. The molecule has 0 saturated carbocycles. The number of anilines is 3. The Morgan fingerprint density at radius 1 is 0.920 bits per heavy atom. The van der Waals surface area contributed by atoms with Crippen LogP contribution in [0.25, 0.3) is 0 Å². The lowest BCUT2D eigenvalue weighted by atomic mass is 10.2. The van der Waals surface area contributed by atoms with Gasteiger partial charge in [-0.3, -0.25) is 0 Å². The van der Waals surface area contributed by atoms with Gasteiger partial charge in [-0.1, -0.05) is 36.4 Å². The van der Waals surface area contributed by atoms with Crippen LogP contribution in [0.2, 0.25) is 0 Å². The molecule has 0 bridgehead atoms. The molecule has 1 heterocycles. The van der Waals surface area contributed by atoms with Crippen LogP contribution in [0.15, 0.2) is 60.7 Å². The standard InChI is InChI=1S/C18H19N5O2/c19-16-10-15(17(20)18(22-16)23-21)24-11-12-6-4-5-9-14(12)25-13-7-2-1-3-8-13/h1-10H,11,20-21H2,(H3,19,22,23). The van der Waals surface area contributed by atoms with Gasteiger partial charge in [0.2, 0.25) is 0 Å². The van der Waals surface area contributed by atoms with Crippen LogP contribution in [0.3, 0.4) is 0 Å². The Hall–Kier alpha value is -3.45. The lowest BCUT2D eigenvalue weighted by Crippen LogP contribution is -2.13. The maximum atomic E-state index is 5.97. The fourth-order valence-electron chi connectivity index (χ4n) is 2.27. The first kappa shape index (κ1) is 16.4. The van der Waals surface area contributed by atoms with E-state index in [9.17, 15) is 0 Å². The van der Waals surface area contributed by atoms with Crippen molar-refractivity contribution in [2.45, 2.75) is 6.61 Å². The zero-order chi connectivity index (χ0) is 17.6. The first-order valence-corrected chi connectivity index (χ1v) is 7.63. The lowest BCUT2D eigenvalue weighted by molar-refractivity contribution is 0.302. The van der Waals surface area contributed by atoms with Gasteiger partial charge in [0.05, 0.1) is 0 Å². The molecule has 0 spiro atoms. The molecule has 7 nitrogen and oxygen atoms in total. The second-order valence-corrected chi connectivity index (χ2v) is 5.26.